The number of nitrogens with zero attached hydrogens (tertiary/aromatic N) is 2. The zero-order chi connectivity index (χ0) is 24.5. The number of aliphatic hydroxyl groups is 1. The Labute approximate surface area is 202 Å². The third-order valence-electron chi connectivity index (χ3n) is 6.46. The van der Waals surface area contributed by atoms with Gasteiger partial charge in [0.2, 0.25) is 0 Å². The Kier molecular flexibility index (Phi) is 5.82. The third-order valence-corrected chi connectivity index (χ3v) is 6.46. The third kappa shape index (κ3) is 4.05. The van der Waals surface area contributed by atoms with Gasteiger partial charge in [-0.2, -0.15) is 0 Å². The van der Waals surface area contributed by atoms with Crippen LogP contribution in [0.2, 0.25) is 0 Å². The smallest absolute Gasteiger partial charge is 0.295 e. The van der Waals surface area contributed by atoms with Gasteiger partial charge in [0, 0.05) is 41.6 Å². The van der Waals surface area contributed by atoms with Crippen molar-refractivity contribution in [3.05, 3.63) is 101 Å². The number of benzene rings is 2. The van der Waals surface area contributed by atoms with Crippen LogP contribution in [0.1, 0.15) is 28.3 Å². The lowest BCUT2D eigenvalue weighted by atomic mass is 9.96. The second-order valence-electron chi connectivity index (χ2n) is 8.62. The molecule has 1 amide bonds. The highest BCUT2D eigenvalue weighted by Crippen LogP contribution is 2.39. The van der Waals surface area contributed by atoms with Gasteiger partial charge >= 0.3 is 0 Å². The van der Waals surface area contributed by atoms with Crippen LogP contribution in [0.15, 0.2) is 78.8 Å². The first-order chi connectivity index (χ1) is 17.0. The molecule has 1 saturated heterocycles. The predicted octanol–water partition coefficient (Wildman–Crippen LogP) is 4.54. The SMILES string of the molecule is COc1ccc2[nH]cc(CCN3C(=O)C(=O)C(=C(O)c4ccc(C)cc4)[C@H]3c3cccnc3)c2c1. The Balaban J connectivity index is 1.54. The number of Topliss-reactive ketones (excluding diaryl/α,β-unsaturated/α-hetero) is 1. The summed E-state index contributed by atoms with van der Waals surface area (Å²) in [6, 6.07) is 15.8. The molecule has 1 aliphatic heterocycles. The maximum atomic E-state index is 13.2. The first-order valence-electron chi connectivity index (χ1n) is 11.4. The molecule has 35 heavy (non-hydrogen) atoms. The van der Waals surface area contributed by atoms with Gasteiger partial charge in [-0.1, -0.05) is 35.9 Å². The molecule has 0 saturated carbocycles. The minimum Gasteiger partial charge on any atom is -0.507 e. The normalized spacial score (nSPS) is 17.3. The largest absolute Gasteiger partial charge is 0.507 e. The fourth-order valence-electron chi connectivity index (χ4n) is 4.59. The van der Waals surface area contributed by atoms with Gasteiger partial charge in [0.15, 0.2) is 0 Å². The van der Waals surface area contributed by atoms with Crippen LogP contribution in [0.3, 0.4) is 0 Å². The van der Waals surface area contributed by atoms with Gasteiger partial charge in [0.25, 0.3) is 11.7 Å². The summed E-state index contributed by atoms with van der Waals surface area (Å²) < 4.78 is 5.36. The van der Waals surface area contributed by atoms with Crippen molar-refractivity contribution < 1.29 is 19.4 Å². The lowest BCUT2D eigenvalue weighted by Crippen LogP contribution is -2.31. The van der Waals surface area contributed by atoms with E-state index in [1.165, 1.54) is 4.90 Å². The van der Waals surface area contributed by atoms with Crippen molar-refractivity contribution in [3.63, 3.8) is 0 Å². The summed E-state index contributed by atoms with van der Waals surface area (Å²) in [5.74, 6) is -0.772. The zero-order valence-corrected chi connectivity index (χ0v) is 19.5. The highest BCUT2D eigenvalue weighted by molar-refractivity contribution is 6.46. The second-order valence-corrected chi connectivity index (χ2v) is 8.62. The van der Waals surface area contributed by atoms with E-state index >= 15 is 0 Å². The number of hydrogen-bond acceptors (Lipinski definition) is 5. The number of aryl methyl sites for hydroxylation is 1. The number of carbonyl (C=O) groups is 2. The molecule has 2 N–H and O–H groups in total. The summed E-state index contributed by atoms with van der Waals surface area (Å²) in [7, 11) is 1.62. The van der Waals surface area contributed by atoms with E-state index in [-0.39, 0.29) is 11.3 Å². The molecular formula is C28H25N3O4. The molecule has 0 radical (unpaired) electrons. The summed E-state index contributed by atoms with van der Waals surface area (Å²) in [6.45, 7) is 2.23. The van der Waals surface area contributed by atoms with E-state index < -0.39 is 17.7 Å². The number of ketones is 1. The summed E-state index contributed by atoms with van der Waals surface area (Å²) in [5, 5.41) is 12.1. The molecule has 0 bridgehead atoms. The number of likely N-dealkylation sites (tertiary alicyclic amines) is 1. The first kappa shape index (κ1) is 22.4. The van der Waals surface area contributed by atoms with Crippen LogP contribution in [0.4, 0.5) is 0 Å². The summed E-state index contributed by atoms with van der Waals surface area (Å²) in [5.41, 5.74) is 4.23. The molecule has 0 unspecified atom stereocenters. The molecule has 4 aromatic rings. The summed E-state index contributed by atoms with van der Waals surface area (Å²) in [4.78, 5) is 35.3. The topological polar surface area (TPSA) is 95.5 Å². The predicted molar refractivity (Wildman–Crippen MR) is 133 cm³/mol. The monoisotopic (exact) mass is 467 g/mol. The fraction of sp³-hybridized carbons (Fsp3) is 0.179. The van der Waals surface area contributed by atoms with Crippen LogP contribution in [-0.4, -0.2) is 45.3 Å². The van der Waals surface area contributed by atoms with Gasteiger partial charge in [-0.25, -0.2) is 0 Å². The van der Waals surface area contributed by atoms with E-state index in [4.69, 9.17) is 4.74 Å². The van der Waals surface area contributed by atoms with E-state index in [1.54, 1.807) is 37.7 Å². The van der Waals surface area contributed by atoms with Gasteiger partial charge < -0.3 is 19.7 Å². The zero-order valence-electron chi connectivity index (χ0n) is 19.5. The number of aliphatic hydroxyl groups excluding tert-OH is 1. The number of amides is 1. The number of H-pyrrole nitrogens is 1. The van der Waals surface area contributed by atoms with Crippen LogP contribution in [0.25, 0.3) is 16.7 Å². The van der Waals surface area contributed by atoms with Crippen LogP contribution < -0.4 is 4.74 Å². The number of pyridine rings is 1. The number of methoxy groups -OCH3 is 1. The molecule has 7 heteroatoms. The Morgan fingerprint density at radius 3 is 2.66 bits per heavy atom. The minimum atomic E-state index is -0.732. The molecular weight excluding hydrogens is 442 g/mol. The van der Waals surface area contributed by atoms with Gasteiger partial charge in [0.1, 0.15) is 11.5 Å². The Morgan fingerprint density at radius 2 is 1.94 bits per heavy atom. The average molecular weight is 468 g/mol. The van der Waals surface area contributed by atoms with Gasteiger partial charge in [-0.3, -0.25) is 14.6 Å². The number of ether oxygens (including phenoxy) is 1. The van der Waals surface area contributed by atoms with Gasteiger partial charge in [-0.15, -0.1) is 0 Å². The average Bonchev–Trinajstić information content (AvgIpc) is 3.40. The molecule has 3 heterocycles. The lowest BCUT2D eigenvalue weighted by Gasteiger charge is -2.25. The molecule has 176 valence electrons. The molecule has 1 atom stereocenters. The maximum absolute atomic E-state index is 13.2. The fourth-order valence-corrected chi connectivity index (χ4v) is 4.59. The molecule has 7 nitrogen and oxygen atoms in total. The number of nitrogens with one attached hydrogen (secondary N) is 1. The second kappa shape index (κ2) is 9.10. The number of carbonyl (C=O) groups excluding carboxylic acids is 2. The van der Waals surface area contributed by atoms with E-state index in [9.17, 15) is 14.7 Å². The van der Waals surface area contributed by atoms with E-state index in [0.717, 1.165) is 27.8 Å². The Morgan fingerprint density at radius 1 is 1.14 bits per heavy atom. The molecule has 1 aliphatic rings. The van der Waals surface area contributed by atoms with Crippen LogP contribution >= 0.6 is 0 Å². The molecule has 5 rings (SSSR count). The van der Waals surface area contributed by atoms with Crippen LogP contribution in [0, 0.1) is 6.92 Å². The summed E-state index contributed by atoms with van der Waals surface area (Å²) in [6.07, 6.45) is 5.69. The minimum absolute atomic E-state index is 0.0763. The van der Waals surface area contributed by atoms with Crippen LogP contribution in [0.5, 0.6) is 5.75 Å². The Hall–Kier alpha value is -4.39. The van der Waals surface area contributed by atoms with Crippen molar-refractivity contribution in [1.29, 1.82) is 0 Å². The van der Waals surface area contributed by atoms with Crippen LogP contribution in [-0.2, 0) is 16.0 Å². The molecule has 2 aromatic heterocycles. The highest BCUT2D eigenvalue weighted by atomic mass is 16.5. The van der Waals surface area contributed by atoms with Crippen molar-refractivity contribution in [2.45, 2.75) is 19.4 Å². The number of aromatic nitrogens is 2. The highest BCUT2D eigenvalue weighted by Gasteiger charge is 2.46. The van der Waals surface area contributed by atoms with E-state index in [0.29, 0.717) is 24.1 Å². The van der Waals surface area contributed by atoms with Gasteiger partial charge in [-0.05, 0) is 48.7 Å². The molecule has 2 aromatic carbocycles. The number of aromatic amines is 1. The van der Waals surface area contributed by atoms with Gasteiger partial charge in [0.05, 0.1) is 18.7 Å². The Bertz CT molecular complexity index is 1440. The molecule has 1 fully saturated rings. The van der Waals surface area contributed by atoms with E-state index in [1.807, 2.05) is 49.5 Å². The quantitative estimate of drug-likeness (QED) is 0.247. The molecule has 0 aliphatic carbocycles. The van der Waals surface area contributed by atoms with Crippen molar-refractivity contribution >= 4 is 28.4 Å². The number of hydrogen-bond donors (Lipinski definition) is 2. The first-order valence-corrected chi connectivity index (χ1v) is 11.4. The number of fused-ring (bicyclic) bond motifs is 1. The van der Waals surface area contributed by atoms with E-state index in [2.05, 4.69) is 9.97 Å². The van der Waals surface area contributed by atoms with Crippen molar-refractivity contribution in [2.24, 2.45) is 0 Å². The summed E-state index contributed by atoms with van der Waals surface area (Å²) >= 11 is 0. The van der Waals surface area contributed by atoms with Crippen molar-refractivity contribution in [2.75, 3.05) is 13.7 Å². The van der Waals surface area contributed by atoms with Crippen molar-refractivity contribution in [1.82, 2.24) is 14.9 Å². The van der Waals surface area contributed by atoms with Crippen molar-refractivity contribution in [3.8, 4) is 5.75 Å². The lowest BCUT2D eigenvalue weighted by molar-refractivity contribution is -0.139. The molecule has 0 spiro atoms. The maximum Gasteiger partial charge on any atom is 0.295 e. The number of rotatable bonds is 6. The standard InChI is InChI=1S/C28H25N3O4/c1-17-5-7-18(8-6-17)26(32)24-25(20-4-3-12-29-15-20)31(28(34)27(24)33)13-11-19-16-30-23-10-9-21(35-2)14-22(19)23/h3-10,12,14-16,25,30,32H,11,13H2,1-2H3/t25-/m1/s1.